The van der Waals surface area contributed by atoms with E-state index in [4.69, 9.17) is 21.1 Å². The van der Waals surface area contributed by atoms with E-state index < -0.39 is 5.91 Å². The van der Waals surface area contributed by atoms with Gasteiger partial charge in [0, 0.05) is 23.0 Å². The van der Waals surface area contributed by atoms with Gasteiger partial charge in [-0.25, -0.2) is 0 Å². The van der Waals surface area contributed by atoms with Crippen LogP contribution in [-0.2, 0) is 0 Å². The van der Waals surface area contributed by atoms with E-state index in [2.05, 4.69) is 5.32 Å². The fourth-order valence-electron chi connectivity index (χ4n) is 2.61. The Morgan fingerprint density at radius 2 is 1.70 bits per heavy atom. The van der Waals surface area contributed by atoms with Crippen LogP contribution < -0.4 is 20.3 Å². The third kappa shape index (κ3) is 3.96. The molecule has 3 rings (SSSR count). The number of halogens is 1. The number of amides is 1. The number of para-hydroxylation sites is 1. The van der Waals surface area contributed by atoms with Gasteiger partial charge in [-0.05, 0) is 30.3 Å². The Labute approximate surface area is 160 Å². The topological polar surface area (TPSA) is 69.6 Å². The van der Waals surface area contributed by atoms with Gasteiger partial charge >= 0.3 is 0 Å². The van der Waals surface area contributed by atoms with Gasteiger partial charge in [0.25, 0.3) is 11.5 Å². The summed E-state index contributed by atoms with van der Waals surface area (Å²) in [6.07, 6.45) is 1.45. The van der Waals surface area contributed by atoms with Crippen LogP contribution in [0, 0.1) is 0 Å². The average molecular weight is 385 g/mol. The van der Waals surface area contributed by atoms with Crippen molar-refractivity contribution in [2.45, 2.75) is 0 Å². The molecule has 0 atom stereocenters. The molecule has 1 N–H and O–H groups in total. The molecule has 0 unspecified atom stereocenters. The molecule has 0 bridgehead atoms. The Bertz CT molecular complexity index is 1030. The first-order valence-corrected chi connectivity index (χ1v) is 8.42. The lowest BCUT2D eigenvalue weighted by Gasteiger charge is -2.14. The third-order valence-electron chi connectivity index (χ3n) is 3.92. The molecule has 0 fully saturated rings. The number of benzene rings is 2. The summed E-state index contributed by atoms with van der Waals surface area (Å²) in [5, 5.41) is 3.20. The Morgan fingerprint density at radius 3 is 2.37 bits per heavy atom. The fourth-order valence-corrected chi connectivity index (χ4v) is 2.79. The first kappa shape index (κ1) is 18.5. The van der Waals surface area contributed by atoms with Crippen molar-refractivity contribution in [2.75, 3.05) is 19.5 Å². The summed E-state index contributed by atoms with van der Waals surface area (Å²) in [5.74, 6) is 0.172. The quantitative estimate of drug-likeness (QED) is 0.727. The van der Waals surface area contributed by atoms with E-state index in [1.54, 1.807) is 30.3 Å². The van der Waals surface area contributed by atoms with Gasteiger partial charge in [-0.15, -0.1) is 0 Å². The van der Waals surface area contributed by atoms with Crippen LogP contribution >= 0.6 is 11.6 Å². The van der Waals surface area contributed by atoms with E-state index in [9.17, 15) is 9.59 Å². The van der Waals surface area contributed by atoms with Crippen molar-refractivity contribution < 1.29 is 14.3 Å². The smallest absolute Gasteiger partial charge is 0.261 e. The van der Waals surface area contributed by atoms with Crippen molar-refractivity contribution in [2.24, 2.45) is 0 Å². The van der Waals surface area contributed by atoms with Gasteiger partial charge in [-0.1, -0.05) is 29.8 Å². The summed E-state index contributed by atoms with van der Waals surface area (Å²) in [6.45, 7) is 0. The van der Waals surface area contributed by atoms with E-state index in [-0.39, 0.29) is 16.9 Å². The molecule has 0 aliphatic heterocycles. The van der Waals surface area contributed by atoms with Crippen molar-refractivity contribution in [3.63, 3.8) is 0 Å². The number of carbonyl (C=O) groups is 1. The molecule has 1 heterocycles. The highest BCUT2D eigenvalue weighted by Crippen LogP contribution is 2.29. The maximum Gasteiger partial charge on any atom is 0.261 e. The highest BCUT2D eigenvalue weighted by molar-refractivity contribution is 6.31. The molecule has 1 amide bonds. The van der Waals surface area contributed by atoms with E-state index >= 15 is 0 Å². The fraction of sp³-hybridized carbons (Fsp3) is 0.100. The Balaban J connectivity index is 2.04. The van der Waals surface area contributed by atoms with E-state index in [0.29, 0.717) is 22.1 Å². The average Bonchev–Trinajstić information content (AvgIpc) is 2.68. The van der Waals surface area contributed by atoms with Crippen molar-refractivity contribution >= 4 is 23.2 Å². The van der Waals surface area contributed by atoms with Crippen LogP contribution in [0.25, 0.3) is 5.69 Å². The zero-order valence-electron chi connectivity index (χ0n) is 14.7. The maximum atomic E-state index is 12.9. The van der Waals surface area contributed by atoms with Gasteiger partial charge in [0.1, 0.15) is 11.5 Å². The van der Waals surface area contributed by atoms with Gasteiger partial charge in [-0.2, -0.15) is 0 Å². The van der Waals surface area contributed by atoms with Gasteiger partial charge in [0.2, 0.25) is 0 Å². The molecule has 138 valence electrons. The predicted octanol–water partition coefficient (Wildman–Crippen LogP) is 3.76. The van der Waals surface area contributed by atoms with Crippen LogP contribution in [0.2, 0.25) is 5.02 Å². The van der Waals surface area contributed by atoms with Crippen LogP contribution in [0.5, 0.6) is 11.5 Å². The van der Waals surface area contributed by atoms with Crippen molar-refractivity contribution in [1.82, 2.24) is 4.57 Å². The number of methoxy groups -OCH3 is 2. The molecule has 1 aromatic heterocycles. The van der Waals surface area contributed by atoms with Gasteiger partial charge in [0.05, 0.1) is 25.5 Å². The summed E-state index contributed by atoms with van der Waals surface area (Å²) >= 11 is 6.01. The molecule has 27 heavy (non-hydrogen) atoms. The molecule has 2 aromatic carbocycles. The number of pyridine rings is 1. The zero-order valence-corrected chi connectivity index (χ0v) is 15.5. The summed E-state index contributed by atoms with van der Waals surface area (Å²) in [4.78, 5) is 25.3. The molecule has 0 radical (unpaired) electrons. The number of nitrogens with zero attached hydrogens (tertiary/aromatic N) is 1. The SMILES string of the molecule is COc1ccc(Cl)cc1NC(=O)c1cn(-c2ccccc2)c(=O)cc1OC. The van der Waals surface area contributed by atoms with Crippen molar-refractivity contribution in [3.05, 3.63) is 81.7 Å². The molecule has 0 saturated heterocycles. The van der Waals surface area contributed by atoms with Crippen LogP contribution in [-0.4, -0.2) is 24.7 Å². The minimum absolute atomic E-state index is 0.172. The van der Waals surface area contributed by atoms with Gasteiger partial charge in [-0.3, -0.25) is 14.2 Å². The lowest BCUT2D eigenvalue weighted by atomic mass is 10.2. The molecule has 0 saturated carbocycles. The Hall–Kier alpha value is -3.25. The number of anilines is 1. The number of ether oxygens (including phenoxy) is 2. The summed E-state index contributed by atoms with van der Waals surface area (Å²) in [5.41, 5.74) is 0.937. The Morgan fingerprint density at radius 1 is 1.00 bits per heavy atom. The van der Waals surface area contributed by atoms with E-state index in [1.165, 1.54) is 31.0 Å². The van der Waals surface area contributed by atoms with Gasteiger partial charge < -0.3 is 14.8 Å². The molecule has 3 aromatic rings. The van der Waals surface area contributed by atoms with Crippen molar-refractivity contribution in [3.8, 4) is 17.2 Å². The lowest BCUT2D eigenvalue weighted by molar-refractivity contribution is 0.102. The second kappa shape index (κ2) is 7.97. The molecule has 7 heteroatoms. The number of rotatable bonds is 5. The minimum atomic E-state index is -0.461. The molecule has 0 spiro atoms. The molecular weight excluding hydrogens is 368 g/mol. The monoisotopic (exact) mass is 384 g/mol. The normalized spacial score (nSPS) is 10.3. The standard InChI is InChI=1S/C20H17ClN2O4/c1-26-17-9-8-13(21)10-16(17)22-20(25)15-12-23(14-6-4-3-5-7-14)19(24)11-18(15)27-2/h3-12H,1-2H3,(H,22,25). The largest absolute Gasteiger partial charge is 0.496 e. The summed E-state index contributed by atoms with van der Waals surface area (Å²) in [6, 6.07) is 15.2. The summed E-state index contributed by atoms with van der Waals surface area (Å²) < 4.78 is 11.9. The number of hydrogen-bond acceptors (Lipinski definition) is 4. The summed E-state index contributed by atoms with van der Waals surface area (Å²) in [7, 11) is 2.90. The van der Waals surface area contributed by atoms with E-state index in [1.807, 2.05) is 18.2 Å². The minimum Gasteiger partial charge on any atom is -0.496 e. The van der Waals surface area contributed by atoms with Crippen LogP contribution in [0.4, 0.5) is 5.69 Å². The number of carbonyl (C=O) groups excluding carboxylic acids is 1. The maximum absolute atomic E-state index is 12.9. The highest BCUT2D eigenvalue weighted by atomic mass is 35.5. The van der Waals surface area contributed by atoms with Crippen LogP contribution in [0.3, 0.4) is 0 Å². The number of aromatic nitrogens is 1. The zero-order chi connectivity index (χ0) is 19.4. The first-order valence-electron chi connectivity index (χ1n) is 8.04. The second-order valence-corrected chi connectivity index (χ2v) is 6.03. The second-order valence-electron chi connectivity index (χ2n) is 5.60. The molecule has 6 nitrogen and oxygen atoms in total. The molecule has 0 aliphatic rings. The van der Waals surface area contributed by atoms with Crippen molar-refractivity contribution in [1.29, 1.82) is 0 Å². The van der Waals surface area contributed by atoms with Crippen LogP contribution in [0.1, 0.15) is 10.4 Å². The van der Waals surface area contributed by atoms with Crippen LogP contribution in [0.15, 0.2) is 65.6 Å². The Kier molecular flexibility index (Phi) is 5.47. The predicted molar refractivity (Wildman–Crippen MR) is 105 cm³/mol. The third-order valence-corrected chi connectivity index (χ3v) is 4.16. The molecule has 0 aliphatic carbocycles. The van der Waals surface area contributed by atoms with Gasteiger partial charge in [0.15, 0.2) is 0 Å². The highest BCUT2D eigenvalue weighted by Gasteiger charge is 2.17. The first-order chi connectivity index (χ1) is 13.0. The van der Waals surface area contributed by atoms with E-state index in [0.717, 1.165) is 0 Å². The molecular formula is C20H17ClN2O4. The number of hydrogen-bond donors (Lipinski definition) is 1. The number of nitrogens with one attached hydrogen (secondary N) is 1. The lowest BCUT2D eigenvalue weighted by Crippen LogP contribution is -2.22.